The Labute approximate surface area is 213 Å². The maximum Gasteiger partial charge on any atom is 0.341 e. The average Bonchev–Trinajstić information content (AvgIpc) is 2.90. The minimum absolute atomic E-state index is 0.0136. The first-order valence-corrected chi connectivity index (χ1v) is 12.0. The normalized spacial score (nSPS) is 12.0. The van der Waals surface area contributed by atoms with E-state index in [1.165, 1.54) is 16.5 Å². The lowest BCUT2D eigenvalue weighted by Crippen LogP contribution is -2.33. The molecule has 0 bridgehead atoms. The van der Waals surface area contributed by atoms with Crippen LogP contribution in [0.5, 0.6) is 0 Å². The summed E-state index contributed by atoms with van der Waals surface area (Å²) in [6.07, 6.45) is 5.15. The number of methoxy groups -OCH3 is 1. The molecule has 0 spiro atoms. The summed E-state index contributed by atoms with van der Waals surface area (Å²) in [4.78, 5) is 48.5. The Morgan fingerprint density at radius 3 is 2.62 bits per heavy atom. The van der Waals surface area contributed by atoms with Crippen molar-refractivity contribution in [2.75, 3.05) is 20.3 Å². The molecular weight excluding hydrogens is 472 g/mol. The molecule has 4 rings (SSSR count). The summed E-state index contributed by atoms with van der Waals surface area (Å²) >= 11 is 0. The molecule has 3 heterocycles. The first kappa shape index (κ1) is 25.7. The molecule has 9 nitrogen and oxygen atoms in total. The van der Waals surface area contributed by atoms with Crippen molar-refractivity contribution in [3.05, 3.63) is 93.3 Å². The van der Waals surface area contributed by atoms with Crippen LogP contribution >= 0.6 is 0 Å². The van der Waals surface area contributed by atoms with Gasteiger partial charge in [0.1, 0.15) is 16.9 Å². The molecule has 0 aliphatic rings. The zero-order chi connectivity index (χ0) is 26.4. The van der Waals surface area contributed by atoms with Gasteiger partial charge in [-0.1, -0.05) is 36.4 Å². The maximum atomic E-state index is 13.5. The number of rotatable bonds is 8. The zero-order valence-corrected chi connectivity index (χ0v) is 21.0. The van der Waals surface area contributed by atoms with Gasteiger partial charge in [-0.05, 0) is 49.6 Å². The van der Waals surface area contributed by atoms with Gasteiger partial charge in [0.05, 0.1) is 12.0 Å². The number of fused-ring (bicyclic) bond motifs is 2. The summed E-state index contributed by atoms with van der Waals surface area (Å²) in [6.45, 7) is 4.39. The van der Waals surface area contributed by atoms with Gasteiger partial charge in [-0.25, -0.2) is 9.78 Å². The summed E-state index contributed by atoms with van der Waals surface area (Å²) in [5, 5.41) is 0.217. The molecule has 0 aliphatic heterocycles. The Bertz CT molecular complexity index is 1620. The van der Waals surface area contributed by atoms with Crippen LogP contribution in [0.4, 0.5) is 0 Å². The molecule has 0 atom stereocenters. The van der Waals surface area contributed by atoms with Crippen LogP contribution < -0.4 is 11.0 Å². The molecule has 190 valence electrons. The third-order valence-corrected chi connectivity index (χ3v) is 5.76. The number of carbonyl (C=O) groups excluding carboxylic acids is 2. The van der Waals surface area contributed by atoms with Gasteiger partial charge in [0.25, 0.3) is 11.5 Å². The third-order valence-electron chi connectivity index (χ3n) is 5.76. The molecule has 3 aromatic heterocycles. The first-order valence-electron chi connectivity index (χ1n) is 12.0. The highest BCUT2D eigenvalue weighted by Crippen LogP contribution is 2.14. The van der Waals surface area contributed by atoms with Crippen molar-refractivity contribution in [1.82, 2.24) is 14.0 Å². The fourth-order valence-corrected chi connectivity index (χ4v) is 4.02. The van der Waals surface area contributed by atoms with Crippen molar-refractivity contribution < 1.29 is 19.1 Å². The van der Waals surface area contributed by atoms with E-state index in [-0.39, 0.29) is 28.6 Å². The lowest BCUT2D eigenvalue weighted by atomic mass is 10.2. The maximum absolute atomic E-state index is 13.5. The van der Waals surface area contributed by atoms with E-state index >= 15 is 0 Å². The molecule has 4 aromatic rings. The van der Waals surface area contributed by atoms with E-state index in [0.29, 0.717) is 30.9 Å². The van der Waals surface area contributed by atoms with E-state index in [1.807, 2.05) is 43.3 Å². The predicted molar refractivity (Wildman–Crippen MR) is 140 cm³/mol. The van der Waals surface area contributed by atoms with Gasteiger partial charge in [0.15, 0.2) is 5.49 Å². The number of esters is 1. The van der Waals surface area contributed by atoms with Gasteiger partial charge in [-0.15, -0.1) is 0 Å². The lowest BCUT2D eigenvalue weighted by molar-refractivity contribution is -0.113. The number of aryl methyl sites for hydroxylation is 2. The number of amides is 1. The molecule has 1 aromatic carbocycles. The van der Waals surface area contributed by atoms with E-state index in [1.54, 1.807) is 36.9 Å². The second-order valence-electron chi connectivity index (χ2n) is 8.33. The number of ether oxygens (including phenoxy) is 2. The number of hydrogen-bond acceptors (Lipinski definition) is 6. The molecule has 0 saturated heterocycles. The molecule has 0 radical (unpaired) electrons. The van der Waals surface area contributed by atoms with E-state index in [0.717, 1.165) is 11.1 Å². The van der Waals surface area contributed by atoms with Crippen molar-refractivity contribution in [2.24, 2.45) is 4.99 Å². The van der Waals surface area contributed by atoms with Crippen LogP contribution in [0.2, 0.25) is 0 Å². The number of pyridine rings is 2. The molecule has 0 unspecified atom stereocenters. The molecule has 37 heavy (non-hydrogen) atoms. The van der Waals surface area contributed by atoms with Crippen LogP contribution in [0, 0.1) is 6.92 Å². The van der Waals surface area contributed by atoms with Gasteiger partial charge < -0.3 is 14.0 Å². The Morgan fingerprint density at radius 2 is 1.89 bits per heavy atom. The second-order valence-corrected chi connectivity index (χ2v) is 8.33. The Morgan fingerprint density at radius 1 is 1.11 bits per heavy atom. The molecule has 1 amide bonds. The fourth-order valence-electron chi connectivity index (χ4n) is 4.02. The minimum atomic E-state index is -0.683. The third kappa shape index (κ3) is 5.57. The molecular formula is C28H28N4O5. The van der Waals surface area contributed by atoms with Crippen LogP contribution in [0.3, 0.4) is 0 Å². The predicted octanol–water partition coefficient (Wildman–Crippen LogP) is 3.31. The SMILES string of the molecule is CCOC(=O)c1cc2c(=O)n3cccc(C)c3nc2n(CCCOC)c1=NC(=O)/C=C/c1ccccc1. The monoisotopic (exact) mass is 500 g/mol. The van der Waals surface area contributed by atoms with Crippen LogP contribution in [0.25, 0.3) is 22.8 Å². The minimum Gasteiger partial charge on any atom is -0.462 e. The smallest absolute Gasteiger partial charge is 0.341 e. The summed E-state index contributed by atoms with van der Waals surface area (Å²) in [7, 11) is 1.59. The highest BCUT2D eigenvalue weighted by molar-refractivity contribution is 5.96. The number of nitrogens with zero attached hydrogens (tertiary/aromatic N) is 4. The van der Waals surface area contributed by atoms with E-state index < -0.39 is 11.9 Å². The van der Waals surface area contributed by atoms with E-state index in [9.17, 15) is 14.4 Å². The lowest BCUT2D eigenvalue weighted by Gasteiger charge is -2.15. The van der Waals surface area contributed by atoms with Crippen LogP contribution in [-0.4, -0.2) is 46.2 Å². The fraction of sp³-hybridized carbons (Fsp3) is 0.250. The molecule has 0 aliphatic carbocycles. The van der Waals surface area contributed by atoms with Gasteiger partial charge in [-0.3, -0.25) is 14.0 Å². The topological polar surface area (TPSA) is 104 Å². The molecule has 9 heteroatoms. The number of carbonyl (C=O) groups is 2. The van der Waals surface area contributed by atoms with Gasteiger partial charge in [-0.2, -0.15) is 4.99 Å². The van der Waals surface area contributed by atoms with Crippen LogP contribution in [-0.2, 0) is 20.8 Å². The first-order chi connectivity index (χ1) is 17.9. The number of aromatic nitrogens is 3. The number of hydrogen-bond donors (Lipinski definition) is 0. The zero-order valence-electron chi connectivity index (χ0n) is 21.0. The average molecular weight is 501 g/mol. The van der Waals surface area contributed by atoms with Gasteiger partial charge in [0, 0.05) is 32.5 Å². The number of benzene rings is 1. The van der Waals surface area contributed by atoms with E-state index in [4.69, 9.17) is 14.5 Å². The summed E-state index contributed by atoms with van der Waals surface area (Å²) in [5.74, 6) is -1.25. The molecule has 0 N–H and O–H groups in total. The van der Waals surface area contributed by atoms with Crippen molar-refractivity contribution in [1.29, 1.82) is 0 Å². The van der Waals surface area contributed by atoms with Gasteiger partial charge in [0.2, 0.25) is 0 Å². The van der Waals surface area contributed by atoms with Crippen molar-refractivity contribution in [3.63, 3.8) is 0 Å². The largest absolute Gasteiger partial charge is 0.462 e. The summed E-state index contributed by atoms with van der Waals surface area (Å²) in [6, 6.07) is 14.4. The highest BCUT2D eigenvalue weighted by Gasteiger charge is 2.20. The Hall–Kier alpha value is -4.37. The van der Waals surface area contributed by atoms with Crippen molar-refractivity contribution in [3.8, 4) is 0 Å². The second kappa shape index (κ2) is 11.6. The van der Waals surface area contributed by atoms with Crippen LogP contribution in [0.1, 0.15) is 34.8 Å². The quantitative estimate of drug-likeness (QED) is 0.159. The van der Waals surface area contributed by atoms with Crippen molar-refractivity contribution in [2.45, 2.75) is 26.8 Å². The van der Waals surface area contributed by atoms with Crippen LogP contribution in [0.15, 0.2) is 70.6 Å². The molecule has 0 fully saturated rings. The summed E-state index contributed by atoms with van der Waals surface area (Å²) < 4.78 is 13.5. The Kier molecular flexibility index (Phi) is 8.05. The van der Waals surface area contributed by atoms with Crippen molar-refractivity contribution >= 4 is 34.6 Å². The molecule has 0 saturated carbocycles. The standard InChI is InChI=1S/C28H28N4O5/c1-4-37-28(35)22-18-21-25(30-24-19(2)10-8-15-32(24)27(21)34)31(16-9-17-36-3)26(22)29-23(33)14-13-20-11-6-5-7-12-20/h5-8,10-15,18H,4,9,16-17H2,1-3H3/b14-13+,29-26?. The van der Waals surface area contributed by atoms with Gasteiger partial charge >= 0.3 is 5.97 Å². The Balaban J connectivity index is 2.02. The summed E-state index contributed by atoms with van der Waals surface area (Å²) in [5.41, 5.74) is 2.19. The highest BCUT2D eigenvalue weighted by atomic mass is 16.5. The van der Waals surface area contributed by atoms with E-state index in [2.05, 4.69) is 4.99 Å².